The van der Waals surface area contributed by atoms with Crippen LogP contribution >= 0.6 is 0 Å². The lowest BCUT2D eigenvalue weighted by molar-refractivity contribution is -0.121. The Hall–Kier alpha value is -2.67. The molecule has 1 aliphatic rings. The minimum absolute atomic E-state index is 0.0725. The maximum absolute atomic E-state index is 12.8. The van der Waals surface area contributed by atoms with Crippen LogP contribution in [-0.2, 0) is 19.6 Å². The molecule has 1 saturated heterocycles. The van der Waals surface area contributed by atoms with E-state index in [9.17, 15) is 18.0 Å². The average Bonchev–Trinajstić information content (AvgIpc) is 2.95. The Balaban J connectivity index is 1.91. The summed E-state index contributed by atoms with van der Waals surface area (Å²) in [7, 11) is -3.80. The second-order valence-electron chi connectivity index (χ2n) is 6.92. The van der Waals surface area contributed by atoms with Gasteiger partial charge in [-0.15, -0.1) is 0 Å². The molecule has 1 heterocycles. The maximum atomic E-state index is 12.8. The first kappa shape index (κ1) is 19.1. The Bertz CT molecular complexity index is 979. The molecule has 0 unspecified atom stereocenters. The summed E-state index contributed by atoms with van der Waals surface area (Å²) >= 11 is 0. The van der Waals surface area contributed by atoms with Gasteiger partial charge >= 0.3 is 0 Å². The molecule has 0 radical (unpaired) electrons. The van der Waals surface area contributed by atoms with Gasteiger partial charge in [-0.25, -0.2) is 8.42 Å². The topological polar surface area (TPSA) is 83.6 Å². The predicted molar refractivity (Wildman–Crippen MR) is 104 cm³/mol. The second-order valence-corrected chi connectivity index (χ2v) is 8.60. The Kier molecular flexibility index (Phi) is 5.06. The third-order valence-electron chi connectivity index (χ3n) is 4.62. The molecule has 3 rings (SSSR count). The third kappa shape index (κ3) is 3.73. The molecule has 0 spiro atoms. The summed E-state index contributed by atoms with van der Waals surface area (Å²) in [6.07, 6.45) is 0.372. The van der Waals surface area contributed by atoms with Gasteiger partial charge in [0, 0.05) is 12.8 Å². The highest BCUT2D eigenvalue weighted by atomic mass is 32.2. The maximum Gasteiger partial charge on any atom is 0.261 e. The Morgan fingerprint density at radius 3 is 2.11 bits per heavy atom. The summed E-state index contributed by atoms with van der Waals surface area (Å²) in [4.78, 5) is 24.8. The van der Waals surface area contributed by atoms with Crippen molar-refractivity contribution in [2.45, 2.75) is 44.4 Å². The number of anilines is 2. The zero-order chi connectivity index (χ0) is 19.8. The number of para-hydroxylation sites is 1. The molecule has 2 amide bonds. The van der Waals surface area contributed by atoms with Crippen molar-refractivity contribution in [2.24, 2.45) is 0 Å². The molecule has 0 aliphatic carbocycles. The number of rotatable bonds is 5. The van der Waals surface area contributed by atoms with Crippen molar-refractivity contribution in [1.82, 2.24) is 0 Å². The molecule has 2 aromatic rings. The summed E-state index contributed by atoms with van der Waals surface area (Å²) in [5.41, 5.74) is 2.74. The normalized spacial score (nSPS) is 14.9. The number of sulfonamides is 1. The highest BCUT2D eigenvalue weighted by molar-refractivity contribution is 7.92. The van der Waals surface area contributed by atoms with E-state index in [0.29, 0.717) is 11.4 Å². The second kappa shape index (κ2) is 7.15. The smallest absolute Gasteiger partial charge is 0.261 e. The van der Waals surface area contributed by atoms with Crippen LogP contribution in [0.5, 0.6) is 0 Å². The van der Waals surface area contributed by atoms with Gasteiger partial charge in [0.2, 0.25) is 11.8 Å². The molecule has 7 heteroatoms. The summed E-state index contributed by atoms with van der Waals surface area (Å²) in [5, 5.41) is 0. The largest absolute Gasteiger partial charge is 0.279 e. The van der Waals surface area contributed by atoms with E-state index in [1.165, 1.54) is 24.3 Å². The van der Waals surface area contributed by atoms with Crippen molar-refractivity contribution in [3.8, 4) is 0 Å². The van der Waals surface area contributed by atoms with Crippen molar-refractivity contribution in [1.29, 1.82) is 0 Å². The molecule has 27 heavy (non-hydrogen) atoms. The fourth-order valence-electron chi connectivity index (χ4n) is 3.14. The molecule has 1 N–H and O–H groups in total. The van der Waals surface area contributed by atoms with Gasteiger partial charge in [-0.3, -0.25) is 19.2 Å². The average molecular weight is 386 g/mol. The SMILES string of the molecule is Cc1cccc(C(C)C)c1NS(=O)(=O)c1ccc(N2C(=O)CCC2=O)cc1. The van der Waals surface area contributed by atoms with E-state index in [2.05, 4.69) is 4.72 Å². The molecular formula is C20H22N2O4S. The van der Waals surface area contributed by atoms with Crippen LogP contribution in [0.1, 0.15) is 43.7 Å². The monoisotopic (exact) mass is 386 g/mol. The van der Waals surface area contributed by atoms with E-state index in [1.54, 1.807) is 0 Å². The van der Waals surface area contributed by atoms with Crippen LogP contribution in [0.15, 0.2) is 47.4 Å². The van der Waals surface area contributed by atoms with Gasteiger partial charge < -0.3 is 0 Å². The van der Waals surface area contributed by atoms with Crippen LogP contribution in [0, 0.1) is 6.92 Å². The molecule has 142 valence electrons. The molecule has 0 aromatic heterocycles. The van der Waals surface area contributed by atoms with Crippen LogP contribution in [0.25, 0.3) is 0 Å². The van der Waals surface area contributed by atoms with Crippen molar-refractivity contribution in [3.63, 3.8) is 0 Å². The standard InChI is InChI=1S/C20H22N2O4S/c1-13(2)17-6-4-5-14(3)20(17)21-27(25,26)16-9-7-15(8-10-16)22-18(23)11-12-19(22)24/h4-10,13,21H,11-12H2,1-3H3. The molecule has 2 aromatic carbocycles. The van der Waals surface area contributed by atoms with Gasteiger partial charge in [0.05, 0.1) is 16.3 Å². The first-order chi connectivity index (χ1) is 12.7. The zero-order valence-electron chi connectivity index (χ0n) is 15.5. The number of amides is 2. The van der Waals surface area contributed by atoms with E-state index in [4.69, 9.17) is 0 Å². The van der Waals surface area contributed by atoms with E-state index >= 15 is 0 Å². The van der Waals surface area contributed by atoms with E-state index in [-0.39, 0.29) is 35.5 Å². The van der Waals surface area contributed by atoms with Crippen LogP contribution in [0.3, 0.4) is 0 Å². The summed E-state index contributed by atoms with van der Waals surface area (Å²) < 4.78 is 28.3. The van der Waals surface area contributed by atoms with Crippen LogP contribution in [0.2, 0.25) is 0 Å². The summed E-state index contributed by atoms with van der Waals surface area (Å²) in [6.45, 7) is 5.87. The van der Waals surface area contributed by atoms with E-state index in [1.807, 2.05) is 39.0 Å². The highest BCUT2D eigenvalue weighted by Gasteiger charge is 2.30. The number of benzene rings is 2. The minimum atomic E-state index is -3.80. The summed E-state index contributed by atoms with van der Waals surface area (Å²) in [5.74, 6) is -0.373. The molecular weight excluding hydrogens is 364 g/mol. The number of nitrogens with zero attached hydrogens (tertiary/aromatic N) is 1. The Labute approximate surface area is 159 Å². The molecule has 1 aliphatic heterocycles. The first-order valence-electron chi connectivity index (χ1n) is 8.79. The number of imide groups is 1. The lowest BCUT2D eigenvalue weighted by Crippen LogP contribution is -2.28. The van der Waals surface area contributed by atoms with E-state index < -0.39 is 10.0 Å². The van der Waals surface area contributed by atoms with Gasteiger partial charge in [0.15, 0.2) is 0 Å². The van der Waals surface area contributed by atoms with Crippen LogP contribution in [-0.4, -0.2) is 20.2 Å². The lowest BCUT2D eigenvalue weighted by Gasteiger charge is -2.18. The van der Waals surface area contributed by atoms with E-state index in [0.717, 1.165) is 16.0 Å². The van der Waals surface area contributed by atoms with Gasteiger partial charge in [0.25, 0.3) is 10.0 Å². The molecule has 0 bridgehead atoms. The molecule has 6 nitrogen and oxygen atoms in total. The Morgan fingerprint density at radius 1 is 0.963 bits per heavy atom. The fraction of sp³-hybridized carbons (Fsp3) is 0.300. The van der Waals surface area contributed by atoms with Crippen molar-refractivity contribution < 1.29 is 18.0 Å². The van der Waals surface area contributed by atoms with Crippen LogP contribution in [0.4, 0.5) is 11.4 Å². The van der Waals surface area contributed by atoms with Crippen molar-refractivity contribution in [2.75, 3.05) is 9.62 Å². The molecule has 0 atom stereocenters. The van der Waals surface area contributed by atoms with Crippen LogP contribution < -0.4 is 9.62 Å². The van der Waals surface area contributed by atoms with Gasteiger partial charge in [0.1, 0.15) is 0 Å². The third-order valence-corrected chi connectivity index (χ3v) is 5.99. The van der Waals surface area contributed by atoms with Gasteiger partial charge in [-0.2, -0.15) is 0 Å². The number of carbonyl (C=O) groups excluding carboxylic acids is 2. The first-order valence-corrected chi connectivity index (χ1v) is 10.3. The van der Waals surface area contributed by atoms with Crippen molar-refractivity contribution >= 4 is 33.2 Å². The summed E-state index contributed by atoms with van der Waals surface area (Å²) in [6, 6.07) is 11.4. The Morgan fingerprint density at radius 2 is 1.56 bits per heavy atom. The van der Waals surface area contributed by atoms with Gasteiger partial charge in [-0.05, 0) is 48.2 Å². The number of nitrogens with one attached hydrogen (secondary N) is 1. The fourth-order valence-corrected chi connectivity index (χ4v) is 4.30. The number of hydrogen-bond acceptors (Lipinski definition) is 4. The van der Waals surface area contributed by atoms with Gasteiger partial charge in [-0.1, -0.05) is 32.0 Å². The minimum Gasteiger partial charge on any atom is -0.279 e. The predicted octanol–water partition coefficient (Wildman–Crippen LogP) is 3.57. The number of hydrogen-bond donors (Lipinski definition) is 1. The molecule has 1 fully saturated rings. The van der Waals surface area contributed by atoms with Crippen molar-refractivity contribution in [3.05, 3.63) is 53.6 Å². The quantitative estimate of drug-likeness (QED) is 0.796. The molecule has 0 saturated carbocycles. The number of carbonyl (C=O) groups is 2. The lowest BCUT2D eigenvalue weighted by atomic mass is 9.99. The highest BCUT2D eigenvalue weighted by Crippen LogP contribution is 2.30. The zero-order valence-corrected chi connectivity index (χ0v) is 16.3. The number of aryl methyl sites for hydroxylation is 1.